The van der Waals surface area contributed by atoms with Crippen molar-refractivity contribution in [3.63, 3.8) is 0 Å². The molecule has 0 saturated heterocycles. The molecule has 0 spiro atoms. The van der Waals surface area contributed by atoms with E-state index in [-0.39, 0.29) is 29.6 Å². The van der Waals surface area contributed by atoms with E-state index in [4.69, 9.17) is 0 Å². The van der Waals surface area contributed by atoms with Gasteiger partial charge in [-0.1, -0.05) is 6.08 Å². The Hall–Kier alpha value is 0.120. The van der Waals surface area contributed by atoms with Crippen molar-refractivity contribution in [2.24, 2.45) is 0 Å². The molecule has 76 valence electrons. The van der Waals surface area contributed by atoms with Crippen LogP contribution in [0.15, 0.2) is 12.3 Å². The molecule has 0 radical (unpaired) electrons. The van der Waals surface area contributed by atoms with Crippen molar-refractivity contribution in [3.8, 4) is 0 Å². The van der Waals surface area contributed by atoms with E-state index in [0.29, 0.717) is 0 Å². The third kappa shape index (κ3) is 7.52. The van der Waals surface area contributed by atoms with Crippen molar-refractivity contribution in [3.05, 3.63) is 12.3 Å². The normalized spacial score (nSPS) is 13.4. The van der Waals surface area contributed by atoms with Crippen molar-refractivity contribution >= 4 is 16.1 Å². The summed E-state index contributed by atoms with van der Waals surface area (Å²) in [5, 5.41) is -1.25. The van der Waals surface area contributed by atoms with Gasteiger partial charge in [0.05, 0.1) is 28.1 Å². The summed E-state index contributed by atoms with van der Waals surface area (Å²) < 4.78 is 35.5. The van der Waals surface area contributed by atoms with E-state index in [1.54, 1.807) is 6.92 Å². The summed E-state index contributed by atoms with van der Waals surface area (Å²) in [6.45, 7) is 2.81. The molecule has 0 fully saturated rings. The first-order valence-electron chi connectivity index (χ1n) is 3.63. The molecule has 0 rings (SSSR count). The fraction of sp³-hybridized carbons (Fsp3) is 0.571. The van der Waals surface area contributed by atoms with Crippen LogP contribution in [0.3, 0.4) is 0 Å². The van der Waals surface area contributed by atoms with Crippen LogP contribution in [-0.4, -0.2) is 24.2 Å². The molecule has 0 saturated carbocycles. The molecule has 1 unspecified atom stereocenters. The maximum absolute atomic E-state index is 10.8. The Labute approximate surface area is 106 Å². The molecule has 0 heterocycles. The molecule has 0 aromatic heterocycles. The van der Waals surface area contributed by atoms with Crippen LogP contribution in [0.5, 0.6) is 0 Å². The second-order valence-electron chi connectivity index (χ2n) is 2.47. The fourth-order valence-electron chi connectivity index (χ4n) is 0.529. The number of carbonyl (C=O) groups excluding carboxylic acids is 1. The molecule has 0 bridgehead atoms. The summed E-state index contributed by atoms with van der Waals surface area (Å²) in [4.78, 5) is 10.8. The molecule has 0 aliphatic carbocycles. The second kappa shape index (κ2) is 7.42. The molecule has 0 amide bonds. The molecule has 14 heavy (non-hydrogen) atoms. The van der Waals surface area contributed by atoms with Gasteiger partial charge in [0.1, 0.15) is 0 Å². The zero-order valence-electron chi connectivity index (χ0n) is 8.39. The van der Waals surface area contributed by atoms with E-state index in [2.05, 4.69) is 4.74 Å². The summed E-state index contributed by atoms with van der Waals surface area (Å²) in [6, 6.07) is 0. The summed E-state index contributed by atoms with van der Waals surface area (Å²) >= 11 is 0. The van der Waals surface area contributed by atoms with Gasteiger partial charge in [-0.3, -0.25) is 4.79 Å². The molecule has 0 N–H and O–H groups in total. The van der Waals surface area contributed by atoms with E-state index in [1.165, 1.54) is 13.0 Å². The van der Waals surface area contributed by atoms with Crippen molar-refractivity contribution in [2.45, 2.75) is 25.5 Å². The minimum atomic E-state index is -4.40. The average molecular weight is 230 g/mol. The van der Waals surface area contributed by atoms with Crippen LogP contribution in [0, 0.1) is 0 Å². The van der Waals surface area contributed by atoms with Crippen LogP contribution in [0.2, 0.25) is 0 Å². The summed E-state index contributed by atoms with van der Waals surface area (Å²) in [6.07, 6.45) is 2.19. The van der Waals surface area contributed by atoms with Crippen LogP contribution >= 0.6 is 0 Å². The van der Waals surface area contributed by atoms with Gasteiger partial charge in [0.2, 0.25) is 0 Å². The monoisotopic (exact) mass is 230 g/mol. The van der Waals surface area contributed by atoms with Gasteiger partial charge in [0, 0.05) is 0 Å². The summed E-state index contributed by atoms with van der Waals surface area (Å²) in [7, 11) is -4.40. The van der Waals surface area contributed by atoms with E-state index in [1.807, 2.05) is 0 Å². The van der Waals surface area contributed by atoms with Gasteiger partial charge < -0.3 is 9.29 Å². The maximum atomic E-state index is 10.8. The minimum Gasteiger partial charge on any atom is -0.748 e. The van der Waals surface area contributed by atoms with Gasteiger partial charge in [0.15, 0.2) is 0 Å². The van der Waals surface area contributed by atoms with Gasteiger partial charge in [0.25, 0.3) is 0 Å². The largest absolute Gasteiger partial charge is 1.00 e. The van der Waals surface area contributed by atoms with Gasteiger partial charge in [-0.15, -0.1) is 0 Å². The number of rotatable bonds is 4. The molecule has 5 nitrogen and oxygen atoms in total. The quantitative estimate of drug-likeness (QED) is 0.229. The SMILES string of the molecule is C/C=C/OC(=O)CC(C)S(=O)(=O)[O-].[Na+]. The van der Waals surface area contributed by atoms with Crippen LogP contribution in [0.25, 0.3) is 0 Å². The van der Waals surface area contributed by atoms with Crippen molar-refractivity contribution in [1.82, 2.24) is 0 Å². The van der Waals surface area contributed by atoms with Crippen LogP contribution in [0.1, 0.15) is 20.3 Å². The molecule has 0 aliphatic rings. The Bertz CT molecular complexity index is 295. The molecule has 0 aromatic rings. The first-order valence-corrected chi connectivity index (χ1v) is 5.10. The number of hydrogen-bond acceptors (Lipinski definition) is 5. The average Bonchev–Trinajstić information content (AvgIpc) is 1.99. The molecular weight excluding hydrogens is 219 g/mol. The van der Waals surface area contributed by atoms with Crippen LogP contribution in [-0.2, 0) is 19.6 Å². The van der Waals surface area contributed by atoms with Crippen molar-refractivity contribution in [2.75, 3.05) is 0 Å². The zero-order valence-corrected chi connectivity index (χ0v) is 11.2. The van der Waals surface area contributed by atoms with Crippen LogP contribution < -0.4 is 29.6 Å². The molecule has 0 aromatic carbocycles. The number of hydrogen-bond donors (Lipinski definition) is 0. The Morgan fingerprint density at radius 2 is 2.07 bits per heavy atom. The minimum absolute atomic E-state index is 0. The van der Waals surface area contributed by atoms with Gasteiger partial charge in [-0.2, -0.15) is 0 Å². The fourth-order valence-corrected chi connectivity index (χ4v) is 0.869. The van der Waals surface area contributed by atoms with Crippen molar-refractivity contribution in [1.29, 1.82) is 0 Å². The third-order valence-electron chi connectivity index (χ3n) is 1.28. The Morgan fingerprint density at radius 3 is 2.43 bits per heavy atom. The smallest absolute Gasteiger partial charge is 0.748 e. The second-order valence-corrected chi connectivity index (χ2v) is 4.26. The number of ether oxygens (including phenoxy) is 1. The number of carbonyl (C=O) groups is 1. The van der Waals surface area contributed by atoms with E-state index < -0.39 is 27.8 Å². The van der Waals surface area contributed by atoms with E-state index in [0.717, 1.165) is 6.26 Å². The molecular formula is C7H11NaO5S. The van der Waals surface area contributed by atoms with Crippen LogP contribution in [0.4, 0.5) is 0 Å². The Balaban J connectivity index is 0. The molecule has 1 atom stereocenters. The first-order chi connectivity index (χ1) is 5.88. The topological polar surface area (TPSA) is 83.5 Å². The maximum Gasteiger partial charge on any atom is 1.00 e. The predicted octanol–water partition coefficient (Wildman–Crippen LogP) is -2.61. The van der Waals surface area contributed by atoms with Gasteiger partial charge in [-0.05, 0) is 13.8 Å². The van der Waals surface area contributed by atoms with E-state index in [9.17, 15) is 17.8 Å². The first kappa shape index (κ1) is 16.5. The number of allylic oxidation sites excluding steroid dienone is 1. The molecule has 0 aliphatic heterocycles. The Morgan fingerprint density at radius 1 is 1.57 bits per heavy atom. The summed E-state index contributed by atoms with van der Waals surface area (Å²) in [5.74, 6) is -0.731. The zero-order chi connectivity index (χ0) is 10.5. The Kier molecular flexibility index (Phi) is 8.77. The van der Waals surface area contributed by atoms with Gasteiger partial charge >= 0.3 is 35.5 Å². The third-order valence-corrected chi connectivity index (χ3v) is 2.43. The summed E-state index contributed by atoms with van der Waals surface area (Å²) in [5.41, 5.74) is 0. The van der Waals surface area contributed by atoms with Gasteiger partial charge in [-0.25, -0.2) is 8.42 Å². The van der Waals surface area contributed by atoms with E-state index >= 15 is 0 Å². The standard InChI is InChI=1S/C7H12O5S.Na/c1-3-4-12-7(8)5-6(2)13(9,10)11;/h3-4,6H,5H2,1-2H3,(H,9,10,11);/q;+1/p-1/b4-3+;. The predicted molar refractivity (Wildman–Crippen MR) is 44.7 cm³/mol. The molecule has 7 heteroatoms. The van der Waals surface area contributed by atoms with Crippen molar-refractivity contribution < 1.29 is 52.1 Å². The number of esters is 1.